The summed E-state index contributed by atoms with van der Waals surface area (Å²) < 4.78 is 0. The fourth-order valence-corrected chi connectivity index (χ4v) is 3.06. The van der Waals surface area contributed by atoms with E-state index in [0.29, 0.717) is 0 Å². The summed E-state index contributed by atoms with van der Waals surface area (Å²) in [7, 11) is 0. The number of para-hydroxylation sites is 2. The van der Waals surface area contributed by atoms with Crippen LogP contribution in [0.1, 0.15) is 32.6 Å². The number of anilines is 2. The zero-order valence-corrected chi connectivity index (χ0v) is 10.8. The van der Waals surface area contributed by atoms with Gasteiger partial charge in [-0.3, -0.25) is 4.79 Å². The lowest BCUT2D eigenvalue weighted by Gasteiger charge is -2.36. The van der Waals surface area contributed by atoms with Gasteiger partial charge >= 0.3 is 0 Å². The summed E-state index contributed by atoms with van der Waals surface area (Å²) in [5, 5.41) is 6.54. The van der Waals surface area contributed by atoms with Crippen molar-refractivity contribution in [2.45, 2.75) is 32.6 Å². The fourth-order valence-electron chi connectivity index (χ4n) is 3.06. The van der Waals surface area contributed by atoms with Crippen molar-refractivity contribution in [1.82, 2.24) is 0 Å². The Morgan fingerprint density at radius 3 is 2.56 bits per heavy atom. The number of carbonyl (C=O) groups excluding carboxylic acids is 1. The first-order valence-electron chi connectivity index (χ1n) is 6.84. The molecular weight excluding hydrogens is 224 g/mol. The van der Waals surface area contributed by atoms with Gasteiger partial charge in [0.2, 0.25) is 5.91 Å². The minimum Gasteiger partial charge on any atom is -0.382 e. The molecule has 0 saturated heterocycles. The van der Waals surface area contributed by atoms with Gasteiger partial charge in [0.25, 0.3) is 0 Å². The molecule has 0 bridgehead atoms. The van der Waals surface area contributed by atoms with E-state index in [9.17, 15) is 4.79 Å². The molecule has 0 unspecified atom stereocenters. The molecule has 0 radical (unpaired) electrons. The van der Waals surface area contributed by atoms with Crippen LogP contribution in [-0.2, 0) is 4.79 Å². The molecule has 3 rings (SSSR count). The molecule has 1 aliphatic carbocycles. The van der Waals surface area contributed by atoms with Crippen LogP contribution < -0.4 is 10.6 Å². The Morgan fingerprint density at radius 2 is 1.83 bits per heavy atom. The van der Waals surface area contributed by atoms with Gasteiger partial charge in [-0.15, -0.1) is 0 Å². The van der Waals surface area contributed by atoms with Gasteiger partial charge in [-0.25, -0.2) is 0 Å². The number of fused-ring (bicyclic) bond motifs is 1. The molecule has 96 valence electrons. The number of hydrogen-bond acceptors (Lipinski definition) is 2. The molecule has 1 saturated carbocycles. The van der Waals surface area contributed by atoms with Gasteiger partial charge < -0.3 is 10.6 Å². The van der Waals surface area contributed by atoms with E-state index < -0.39 is 0 Å². The van der Waals surface area contributed by atoms with Crippen LogP contribution in [0.2, 0.25) is 0 Å². The quantitative estimate of drug-likeness (QED) is 0.735. The van der Waals surface area contributed by atoms with E-state index in [4.69, 9.17) is 0 Å². The molecule has 0 aromatic heterocycles. The van der Waals surface area contributed by atoms with Gasteiger partial charge in [0.1, 0.15) is 0 Å². The van der Waals surface area contributed by atoms with Crippen molar-refractivity contribution in [2.24, 2.45) is 11.3 Å². The molecule has 1 aromatic carbocycles. The number of benzene rings is 1. The molecule has 3 nitrogen and oxygen atoms in total. The van der Waals surface area contributed by atoms with E-state index in [1.807, 2.05) is 24.3 Å². The average molecular weight is 244 g/mol. The van der Waals surface area contributed by atoms with Crippen LogP contribution in [0.4, 0.5) is 11.4 Å². The summed E-state index contributed by atoms with van der Waals surface area (Å²) in [5.41, 5.74) is 1.75. The average Bonchev–Trinajstić information content (AvgIpc) is 2.52. The van der Waals surface area contributed by atoms with Crippen LogP contribution in [0.3, 0.4) is 0 Å². The molecule has 1 fully saturated rings. The zero-order valence-electron chi connectivity index (χ0n) is 10.8. The highest BCUT2D eigenvalue weighted by atomic mass is 16.2. The highest BCUT2D eigenvalue weighted by Gasteiger charge is 2.42. The molecule has 1 heterocycles. The highest BCUT2D eigenvalue weighted by Crippen LogP contribution is 2.42. The topological polar surface area (TPSA) is 41.1 Å². The molecule has 1 amide bonds. The largest absolute Gasteiger partial charge is 0.382 e. The number of hydrogen-bond donors (Lipinski definition) is 2. The Kier molecular flexibility index (Phi) is 2.77. The first kappa shape index (κ1) is 11.6. The lowest BCUT2D eigenvalue weighted by molar-refractivity contribution is -0.126. The lowest BCUT2D eigenvalue weighted by atomic mass is 9.70. The van der Waals surface area contributed by atoms with E-state index in [1.54, 1.807) is 0 Å². The minimum atomic E-state index is -0.203. The van der Waals surface area contributed by atoms with E-state index in [1.165, 1.54) is 0 Å². The number of amides is 1. The van der Waals surface area contributed by atoms with Gasteiger partial charge in [0.15, 0.2) is 0 Å². The maximum atomic E-state index is 12.5. The van der Waals surface area contributed by atoms with Gasteiger partial charge in [-0.1, -0.05) is 19.1 Å². The molecule has 1 spiro atoms. The molecule has 1 aromatic rings. The first-order chi connectivity index (χ1) is 8.70. The van der Waals surface area contributed by atoms with Crippen LogP contribution in [0.15, 0.2) is 24.3 Å². The maximum Gasteiger partial charge on any atom is 0.232 e. The summed E-state index contributed by atoms with van der Waals surface area (Å²) >= 11 is 0. The molecule has 2 aliphatic rings. The lowest BCUT2D eigenvalue weighted by Crippen LogP contribution is -2.42. The molecular formula is C15H20N2O. The molecule has 18 heavy (non-hydrogen) atoms. The minimum absolute atomic E-state index is 0.201. The molecule has 2 N–H and O–H groups in total. The second kappa shape index (κ2) is 4.30. The van der Waals surface area contributed by atoms with Gasteiger partial charge in [0, 0.05) is 6.54 Å². The third-order valence-corrected chi connectivity index (χ3v) is 4.51. The second-order valence-electron chi connectivity index (χ2n) is 5.82. The summed E-state index contributed by atoms with van der Waals surface area (Å²) in [5.74, 6) is 0.959. The summed E-state index contributed by atoms with van der Waals surface area (Å²) in [4.78, 5) is 12.5. The predicted molar refractivity (Wildman–Crippen MR) is 73.6 cm³/mol. The van der Waals surface area contributed by atoms with Crippen molar-refractivity contribution in [3.63, 3.8) is 0 Å². The normalized spacial score (nSPS) is 31.2. The first-order valence-corrected chi connectivity index (χ1v) is 6.84. The summed E-state index contributed by atoms with van der Waals surface area (Å²) in [6, 6.07) is 7.95. The number of carbonyl (C=O) groups is 1. The predicted octanol–water partition coefficient (Wildman–Crippen LogP) is 3.25. The summed E-state index contributed by atoms with van der Waals surface area (Å²) in [6.45, 7) is 3.05. The van der Waals surface area contributed by atoms with E-state index in [-0.39, 0.29) is 11.3 Å². The molecule has 0 atom stereocenters. The van der Waals surface area contributed by atoms with Crippen molar-refractivity contribution in [3.05, 3.63) is 24.3 Å². The Balaban J connectivity index is 1.87. The second-order valence-corrected chi connectivity index (χ2v) is 5.82. The van der Waals surface area contributed by atoms with Gasteiger partial charge in [-0.05, 0) is 43.7 Å². The Bertz CT molecular complexity index is 461. The Morgan fingerprint density at radius 1 is 1.17 bits per heavy atom. The Labute approximate surface area is 108 Å². The van der Waals surface area contributed by atoms with E-state index >= 15 is 0 Å². The Hall–Kier alpha value is -1.51. The fraction of sp³-hybridized carbons (Fsp3) is 0.533. The van der Waals surface area contributed by atoms with Crippen molar-refractivity contribution in [3.8, 4) is 0 Å². The summed E-state index contributed by atoms with van der Waals surface area (Å²) in [6.07, 6.45) is 4.32. The third kappa shape index (κ3) is 1.88. The van der Waals surface area contributed by atoms with Gasteiger partial charge in [-0.2, -0.15) is 0 Å². The van der Waals surface area contributed by atoms with E-state index in [2.05, 4.69) is 17.6 Å². The smallest absolute Gasteiger partial charge is 0.232 e. The van der Waals surface area contributed by atoms with Crippen LogP contribution in [0.25, 0.3) is 0 Å². The van der Waals surface area contributed by atoms with Crippen molar-refractivity contribution in [1.29, 1.82) is 0 Å². The van der Waals surface area contributed by atoms with Crippen molar-refractivity contribution < 1.29 is 4.79 Å². The highest BCUT2D eigenvalue weighted by molar-refractivity contribution is 5.99. The zero-order chi connectivity index (χ0) is 12.6. The molecule has 1 aliphatic heterocycles. The van der Waals surface area contributed by atoms with Crippen LogP contribution in [0, 0.1) is 11.3 Å². The van der Waals surface area contributed by atoms with E-state index in [0.717, 1.165) is 49.5 Å². The maximum absolute atomic E-state index is 12.5. The van der Waals surface area contributed by atoms with Gasteiger partial charge in [0.05, 0.1) is 16.8 Å². The standard InChI is InChI=1S/C15H20N2O/c1-11-6-8-15(9-7-11)10-16-12-4-2-3-5-13(12)17-14(15)18/h2-5,11,16H,6-10H2,1H3,(H,17,18). The monoisotopic (exact) mass is 244 g/mol. The van der Waals surface area contributed by atoms with Crippen LogP contribution in [0.5, 0.6) is 0 Å². The van der Waals surface area contributed by atoms with Crippen LogP contribution >= 0.6 is 0 Å². The van der Waals surface area contributed by atoms with Crippen LogP contribution in [-0.4, -0.2) is 12.5 Å². The number of rotatable bonds is 0. The van der Waals surface area contributed by atoms with Crippen molar-refractivity contribution in [2.75, 3.05) is 17.2 Å². The SMILES string of the molecule is CC1CCC2(CC1)CNc1ccccc1NC2=O. The number of nitrogens with one attached hydrogen (secondary N) is 2. The molecule has 3 heteroatoms. The van der Waals surface area contributed by atoms with Crippen molar-refractivity contribution >= 4 is 17.3 Å². The third-order valence-electron chi connectivity index (χ3n) is 4.51.